The molecule has 4 aromatic heterocycles. The van der Waals surface area contributed by atoms with Crippen molar-refractivity contribution in [2.75, 3.05) is 0 Å². The number of para-hydroxylation sites is 2. The SMILES string of the molecule is CCCCCC(N)(Cc1cc2c3ccccc3n(Cc3ccc(F)cc3)c2cn1)Cc1cc2c3ccccc3n(Cc3ccc(F)cc3)c2cn1. The van der Waals surface area contributed by atoms with Gasteiger partial charge in [-0.25, -0.2) is 8.78 Å². The largest absolute Gasteiger partial charge is 0.335 e. The second-order valence-corrected chi connectivity index (χ2v) is 14.0. The number of hydrogen-bond donors (Lipinski definition) is 1. The molecule has 0 saturated heterocycles. The lowest BCUT2D eigenvalue weighted by Gasteiger charge is -2.29. The third-order valence-electron chi connectivity index (χ3n) is 10.3. The quantitative estimate of drug-likeness (QED) is 0.131. The Balaban J connectivity index is 1.13. The monoisotopic (exact) mass is 677 g/mol. The van der Waals surface area contributed by atoms with Crippen LogP contribution in [0.3, 0.4) is 0 Å². The molecular weight excluding hydrogens is 637 g/mol. The van der Waals surface area contributed by atoms with Crippen LogP contribution in [0, 0.1) is 11.6 Å². The van der Waals surface area contributed by atoms with E-state index in [0.717, 1.165) is 91.8 Å². The number of pyridine rings is 2. The molecule has 256 valence electrons. The average Bonchev–Trinajstić information content (AvgIpc) is 3.61. The van der Waals surface area contributed by atoms with Crippen molar-refractivity contribution in [1.82, 2.24) is 19.1 Å². The fourth-order valence-electron chi connectivity index (χ4n) is 7.74. The van der Waals surface area contributed by atoms with Gasteiger partial charge in [0.25, 0.3) is 0 Å². The van der Waals surface area contributed by atoms with Gasteiger partial charge in [0, 0.05) is 75.4 Å². The van der Waals surface area contributed by atoms with E-state index >= 15 is 0 Å². The maximum atomic E-state index is 13.7. The number of nitrogens with two attached hydrogens (primary N) is 1. The minimum atomic E-state index is -0.546. The highest BCUT2D eigenvalue weighted by Crippen LogP contribution is 2.33. The first-order chi connectivity index (χ1) is 24.9. The standard InChI is InChI=1S/C44H41F2N5/c1-2-3-8-21-44(47,24-34-22-38-36-9-4-6-11-40(36)50(42(38)26-48-34)28-30-13-17-32(45)18-14-30)25-35-23-39-37-10-5-7-12-41(37)51(43(39)27-49-35)29-31-15-19-33(46)20-16-31/h4-7,9-20,22-23,26-27H,2-3,8,21,24-25,28-29,47H2,1H3. The van der Waals surface area contributed by atoms with Gasteiger partial charge in [-0.2, -0.15) is 0 Å². The first-order valence-corrected chi connectivity index (χ1v) is 17.9. The molecule has 4 heterocycles. The number of benzene rings is 4. The van der Waals surface area contributed by atoms with Crippen molar-refractivity contribution in [2.45, 2.75) is 64.1 Å². The number of hydrogen-bond acceptors (Lipinski definition) is 3. The normalized spacial score (nSPS) is 12.2. The highest BCUT2D eigenvalue weighted by molar-refractivity contribution is 6.08. The zero-order valence-electron chi connectivity index (χ0n) is 28.8. The summed E-state index contributed by atoms with van der Waals surface area (Å²) in [7, 11) is 0. The molecule has 5 nitrogen and oxygen atoms in total. The van der Waals surface area contributed by atoms with Gasteiger partial charge in [-0.05, 0) is 66.1 Å². The summed E-state index contributed by atoms with van der Waals surface area (Å²) < 4.78 is 31.8. The molecule has 8 aromatic rings. The van der Waals surface area contributed by atoms with Gasteiger partial charge in [0.05, 0.1) is 23.4 Å². The Morgan fingerprint density at radius 2 is 1.02 bits per heavy atom. The van der Waals surface area contributed by atoms with E-state index in [1.807, 2.05) is 36.7 Å². The molecule has 51 heavy (non-hydrogen) atoms. The summed E-state index contributed by atoms with van der Waals surface area (Å²) in [5, 5.41) is 4.61. The molecule has 0 radical (unpaired) electrons. The van der Waals surface area contributed by atoms with Gasteiger partial charge >= 0.3 is 0 Å². The number of halogens is 2. The van der Waals surface area contributed by atoms with Gasteiger partial charge in [0.2, 0.25) is 0 Å². The zero-order valence-corrected chi connectivity index (χ0v) is 28.8. The summed E-state index contributed by atoms with van der Waals surface area (Å²) in [6.07, 6.45) is 9.32. The molecule has 8 rings (SSSR count). The zero-order chi connectivity index (χ0) is 35.0. The Kier molecular flexibility index (Phi) is 8.82. The molecule has 0 fully saturated rings. The Bertz CT molecular complexity index is 2310. The topological polar surface area (TPSA) is 61.7 Å². The lowest BCUT2D eigenvalue weighted by atomic mass is 9.83. The molecule has 2 N–H and O–H groups in total. The maximum absolute atomic E-state index is 13.7. The fourth-order valence-corrected chi connectivity index (χ4v) is 7.74. The molecule has 0 aliphatic rings. The van der Waals surface area contributed by atoms with E-state index in [4.69, 9.17) is 15.7 Å². The second kappa shape index (κ2) is 13.7. The van der Waals surface area contributed by atoms with Crippen LogP contribution in [0.1, 0.15) is 55.1 Å². The maximum Gasteiger partial charge on any atom is 0.123 e. The van der Waals surface area contributed by atoms with Gasteiger partial charge < -0.3 is 14.9 Å². The molecule has 4 aromatic carbocycles. The van der Waals surface area contributed by atoms with Crippen LogP contribution in [-0.2, 0) is 25.9 Å². The van der Waals surface area contributed by atoms with E-state index < -0.39 is 5.54 Å². The van der Waals surface area contributed by atoms with Crippen molar-refractivity contribution in [1.29, 1.82) is 0 Å². The number of nitrogens with zero attached hydrogens (tertiary/aromatic N) is 4. The summed E-state index contributed by atoms with van der Waals surface area (Å²) in [5.74, 6) is -0.472. The van der Waals surface area contributed by atoms with E-state index in [0.29, 0.717) is 25.9 Å². The molecule has 0 aliphatic heterocycles. The predicted molar refractivity (Wildman–Crippen MR) is 204 cm³/mol. The third kappa shape index (κ3) is 6.62. The van der Waals surface area contributed by atoms with E-state index in [1.165, 1.54) is 24.3 Å². The average molecular weight is 678 g/mol. The Labute approximate surface area is 296 Å². The van der Waals surface area contributed by atoms with E-state index in [-0.39, 0.29) is 11.6 Å². The fraction of sp³-hybridized carbons (Fsp3) is 0.227. The van der Waals surface area contributed by atoms with Crippen LogP contribution >= 0.6 is 0 Å². The van der Waals surface area contributed by atoms with Gasteiger partial charge in [-0.3, -0.25) is 9.97 Å². The van der Waals surface area contributed by atoms with Gasteiger partial charge in [-0.1, -0.05) is 86.8 Å². The molecule has 0 spiro atoms. The number of rotatable bonds is 12. The lowest BCUT2D eigenvalue weighted by molar-refractivity contribution is 0.365. The van der Waals surface area contributed by atoms with Crippen LogP contribution in [0.4, 0.5) is 8.78 Å². The van der Waals surface area contributed by atoms with E-state index in [1.54, 1.807) is 0 Å². The summed E-state index contributed by atoms with van der Waals surface area (Å²) in [6, 6.07) is 34.7. The van der Waals surface area contributed by atoms with Crippen LogP contribution < -0.4 is 5.73 Å². The molecule has 0 atom stereocenters. The van der Waals surface area contributed by atoms with Gasteiger partial charge in [0.1, 0.15) is 11.6 Å². The summed E-state index contributed by atoms with van der Waals surface area (Å²) >= 11 is 0. The summed E-state index contributed by atoms with van der Waals surface area (Å²) in [6.45, 7) is 3.46. The third-order valence-corrected chi connectivity index (χ3v) is 10.3. The summed E-state index contributed by atoms with van der Waals surface area (Å²) in [5.41, 5.74) is 15.2. The summed E-state index contributed by atoms with van der Waals surface area (Å²) in [4.78, 5) is 10.0. The molecule has 0 amide bonds. The van der Waals surface area contributed by atoms with Crippen molar-refractivity contribution in [3.05, 3.63) is 156 Å². The Hall–Kier alpha value is -5.40. The minimum Gasteiger partial charge on any atom is -0.335 e. The predicted octanol–water partition coefficient (Wildman–Crippen LogP) is 10.1. The molecule has 7 heteroatoms. The molecule has 0 bridgehead atoms. The van der Waals surface area contributed by atoms with Crippen molar-refractivity contribution in [3.8, 4) is 0 Å². The minimum absolute atomic E-state index is 0.236. The van der Waals surface area contributed by atoms with Gasteiger partial charge in [0.15, 0.2) is 0 Å². The smallest absolute Gasteiger partial charge is 0.123 e. The lowest BCUT2D eigenvalue weighted by Crippen LogP contribution is -2.44. The number of unbranched alkanes of at least 4 members (excludes halogenated alkanes) is 2. The van der Waals surface area contributed by atoms with Crippen molar-refractivity contribution >= 4 is 43.6 Å². The van der Waals surface area contributed by atoms with E-state index in [2.05, 4.69) is 76.7 Å². The molecule has 0 saturated carbocycles. The van der Waals surface area contributed by atoms with Crippen molar-refractivity contribution in [3.63, 3.8) is 0 Å². The second-order valence-electron chi connectivity index (χ2n) is 14.0. The van der Waals surface area contributed by atoms with Crippen LogP contribution in [-0.4, -0.2) is 24.6 Å². The van der Waals surface area contributed by atoms with Crippen LogP contribution in [0.25, 0.3) is 43.6 Å². The first-order valence-electron chi connectivity index (χ1n) is 17.9. The van der Waals surface area contributed by atoms with Crippen molar-refractivity contribution in [2.24, 2.45) is 5.73 Å². The Morgan fingerprint density at radius 3 is 1.47 bits per heavy atom. The highest BCUT2D eigenvalue weighted by Gasteiger charge is 2.28. The van der Waals surface area contributed by atoms with Crippen LogP contribution in [0.2, 0.25) is 0 Å². The molecule has 0 aliphatic carbocycles. The van der Waals surface area contributed by atoms with E-state index in [9.17, 15) is 8.78 Å². The first kappa shape index (κ1) is 32.8. The highest BCUT2D eigenvalue weighted by atomic mass is 19.1. The van der Waals surface area contributed by atoms with Crippen molar-refractivity contribution < 1.29 is 8.78 Å². The van der Waals surface area contributed by atoms with Gasteiger partial charge in [-0.15, -0.1) is 0 Å². The van der Waals surface area contributed by atoms with Crippen LogP contribution in [0.15, 0.2) is 122 Å². The number of fused-ring (bicyclic) bond motifs is 6. The Morgan fingerprint density at radius 1 is 0.569 bits per heavy atom. The molecule has 0 unspecified atom stereocenters. The van der Waals surface area contributed by atoms with Crippen LogP contribution in [0.5, 0.6) is 0 Å². The number of aromatic nitrogens is 4. The molecular formula is C44H41F2N5.